The Kier molecular flexibility index (Phi) is 5.79. The van der Waals surface area contributed by atoms with Gasteiger partial charge in [-0.1, -0.05) is 0 Å². The normalized spacial score (nSPS) is 22.8. The Hall–Kier alpha value is -2.11. The van der Waals surface area contributed by atoms with Crippen LogP contribution in [-0.4, -0.2) is 45.4 Å². The number of aromatic nitrogens is 3. The Labute approximate surface area is 157 Å². The molecule has 2 heterocycles. The number of nitrogens with one attached hydrogen (secondary N) is 1. The lowest BCUT2D eigenvalue weighted by atomic mass is 10.0. The minimum Gasteiger partial charge on any atom is -0.349 e. The number of nitro benzene ring substituents is 1. The van der Waals surface area contributed by atoms with Gasteiger partial charge in [-0.15, -0.1) is 0 Å². The van der Waals surface area contributed by atoms with E-state index in [2.05, 4.69) is 20.3 Å². The Balaban J connectivity index is 1.85. The first-order valence-corrected chi connectivity index (χ1v) is 8.27. The summed E-state index contributed by atoms with van der Waals surface area (Å²) in [5, 5.41) is 13.8. The van der Waals surface area contributed by atoms with E-state index in [0.717, 1.165) is 0 Å². The molecule has 0 bridgehead atoms. The second-order valence-corrected chi connectivity index (χ2v) is 6.03. The second-order valence-electron chi connectivity index (χ2n) is 5.35. The fraction of sp³-hybridized carbons (Fsp3) is 0.357. The van der Waals surface area contributed by atoms with Gasteiger partial charge in [0.1, 0.15) is 6.10 Å². The van der Waals surface area contributed by atoms with Crippen LogP contribution in [0, 0.1) is 10.1 Å². The molecule has 3 N–H and O–H groups in total. The van der Waals surface area contributed by atoms with Crippen LogP contribution in [0.4, 0.5) is 11.6 Å². The zero-order chi connectivity index (χ0) is 18.7. The van der Waals surface area contributed by atoms with Gasteiger partial charge in [0, 0.05) is 18.7 Å². The first-order valence-electron chi connectivity index (χ1n) is 7.51. The van der Waals surface area contributed by atoms with Gasteiger partial charge in [-0.3, -0.25) is 10.1 Å². The lowest BCUT2D eigenvalue weighted by molar-refractivity contribution is -0.384. The third kappa shape index (κ3) is 4.34. The van der Waals surface area contributed by atoms with Crippen LogP contribution >= 0.6 is 23.2 Å². The SMILES string of the molecule is NC[C@@H]1OC[C@H](Nc2nc(Cl)nc(Cl)n2)[C@H](c2ccc([N+](=O)[O-])cc2)O1. The molecule has 1 aromatic heterocycles. The van der Waals surface area contributed by atoms with Crippen molar-refractivity contribution in [2.75, 3.05) is 18.5 Å². The van der Waals surface area contributed by atoms with Gasteiger partial charge in [0.25, 0.3) is 5.69 Å². The summed E-state index contributed by atoms with van der Waals surface area (Å²) < 4.78 is 11.4. The van der Waals surface area contributed by atoms with Crippen molar-refractivity contribution in [1.29, 1.82) is 0 Å². The lowest BCUT2D eigenvalue weighted by Crippen LogP contribution is -2.45. The third-order valence-corrected chi connectivity index (χ3v) is 3.98. The quantitative estimate of drug-likeness (QED) is 0.568. The smallest absolute Gasteiger partial charge is 0.269 e. The van der Waals surface area contributed by atoms with Crippen LogP contribution in [0.3, 0.4) is 0 Å². The molecule has 1 aromatic carbocycles. The molecule has 2 aromatic rings. The van der Waals surface area contributed by atoms with Crippen molar-refractivity contribution in [1.82, 2.24) is 15.0 Å². The van der Waals surface area contributed by atoms with Crippen LogP contribution in [-0.2, 0) is 9.47 Å². The lowest BCUT2D eigenvalue weighted by Gasteiger charge is -2.36. The second kappa shape index (κ2) is 8.06. The first kappa shape index (κ1) is 18.7. The zero-order valence-corrected chi connectivity index (χ0v) is 14.7. The summed E-state index contributed by atoms with van der Waals surface area (Å²) in [6, 6.07) is 5.63. The van der Waals surface area contributed by atoms with Crippen molar-refractivity contribution in [3.63, 3.8) is 0 Å². The summed E-state index contributed by atoms with van der Waals surface area (Å²) in [6.45, 7) is 0.407. The minimum absolute atomic E-state index is 0.0169. The minimum atomic E-state index is -0.598. The molecule has 1 aliphatic heterocycles. The van der Waals surface area contributed by atoms with E-state index < -0.39 is 23.4 Å². The van der Waals surface area contributed by atoms with Crippen LogP contribution in [0.1, 0.15) is 11.7 Å². The third-order valence-electron chi connectivity index (χ3n) is 3.65. The predicted octanol–water partition coefficient (Wildman–Crippen LogP) is 1.94. The number of anilines is 1. The molecule has 0 aliphatic carbocycles. The number of hydrogen-bond donors (Lipinski definition) is 2. The molecular formula is C14H14Cl2N6O4. The molecule has 0 spiro atoms. The average Bonchev–Trinajstić information content (AvgIpc) is 2.61. The van der Waals surface area contributed by atoms with Gasteiger partial charge in [0.05, 0.1) is 17.6 Å². The van der Waals surface area contributed by atoms with E-state index in [1.165, 1.54) is 12.1 Å². The van der Waals surface area contributed by atoms with E-state index in [-0.39, 0.29) is 35.4 Å². The molecule has 0 radical (unpaired) electrons. The molecule has 0 amide bonds. The first-order chi connectivity index (χ1) is 12.5. The topological polar surface area (TPSA) is 138 Å². The molecule has 0 unspecified atom stereocenters. The molecule has 3 rings (SSSR count). The fourth-order valence-electron chi connectivity index (χ4n) is 2.49. The molecule has 10 nitrogen and oxygen atoms in total. The number of nitrogens with two attached hydrogens (primary N) is 1. The number of halogens is 2. The monoisotopic (exact) mass is 400 g/mol. The van der Waals surface area contributed by atoms with Crippen molar-refractivity contribution < 1.29 is 14.4 Å². The number of hydrogen-bond acceptors (Lipinski definition) is 9. The molecule has 0 saturated carbocycles. The van der Waals surface area contributed by atoms with E-state index in [1.54, 1.807) is 12.1 Å². The van der Waals surface area contributed by atoms with Crippen molar-refractivity contribution in [2.45, 2.75) is 18.4 Å². The van der Waals surface area contributed by atoms with Crippen LogP contribution in [0.2, 0.25) is 10.6 Å². The van der Waals surface area contributed by atoms with Gasteiger partial charge in [-0.2, -0.15) is 15.0 Å². The van der Waals surface area contributed by atoms with Crippen molar-refractivity contribution in [3.05, 3.63) is 50.5 Å². The molecule has 1 fully saturated rings. The fourth-order valence-corrected chi connectivity index (χ4v) is 2.85. The Morgan fingerprint density at radius 1 is 1.23 bits per heavy atom. The Bertz CT molecular complexity index is 773. The molecule has 26 heavy (non-hydrogen) atoms. The maximum Gasteiger partial charge on any atom is 0.269 e. The largest absolute Gasteiger partial charge is 0.349 e. The van der Waals surface area contributed by atoms with Gasteiger partial charge >= 0.3 is 0 Å². The molecule has 138 valence electrons. The summed E-state index contributed by atoms with van der Waals surface area (Å²) in [5.41, 5.74) is 6.31. The van der Waals surface area contributed by atoms with Crippen molar-refractivity contribution >= 4 is 34.8 Å². The van der Waals surface area contributed by atoms with Gasteiger partial charge < -0.3 is 20.5 Å². The Morgan fingerprint density at radius 3 is 2.46 bits per heavy atom. The van der Waals surface area contributed by atoms with Gasteiger partial charge in [0.15, 0.2) is 6.29 Å². The van der Waals surface area contributed by atoms with Crippen LogP contribution < -0.4 is 11.1 Å². The number of benzene rings is 1. The highest BCUT2D eigenvalue weighted by Crippen LogP contribution is 2.30. The summed E-state index contributed by atoms with van der Waals surface area (Å²) >= 11 is 11.6. The number of non-ortho nitro benzene ring substituents is 1. The van der Waals surface area contributed by atoms with E-state index in [0.29, 0.717) is 5.56 Å². The van der Waals surface area contributed by atoms with E-state index in [4.69, 9.17) is 38.4 Å². The predicted molar refractivity (Wildman–Crippen MR) is 93.0 cm³/mol. The van der Waals surface area contributed by atoms with E-state index in [9.17, 15) is 10.1 Å². The highest BCUT2D eigenvalue weighted by atomic mass is 35.5. The maximum atomic E-state index is 10.8. The summed E-state index contributed by atoms with van der Waals surface area (Å²) in [6.07, 6.45) is -1.11. The maximum absolute atomic E-state index is 10.8. The summed E-state index contributed by atoms with van der Waals surface area (Å²) in [5.74, 6) is 0.158. The van der Waals surface area contributed by atoms with Crippen LogP contribution in [0.25, 0.3) is 0 Å². The van der Waals surface area contributed by atoms with Gasteiger partial charge in [0.2, 0.25) is 16.5 Å². The summed E-state index contributed by atoms with van der Waals surface area (Å²) in [4.78, 5) is 22.0. The number of rotatable bonds is 5. The highest BCUT2D eigenvalue weighted by molar-refractivity contribution is 6.31. The standard InChI is InChI=1S/C14H14Cl2N6O4/c15-12-19-13(16)21-14(20-12)18-9-6-25-10(5-17)26-11(9)7-1-3-8(4-2-7)22(23)24/h1-4,9-11H,5-6,17H2,(H,18,19,20,21)/t9-,10+,11-/m0/s1. The molecule has 3 atom stereocenters. The number of nitro groups is 1. The number of nitrogens with zero attached hydrogens (tertiary/aromatic N) is 4. The van der Waals surface area contributed by atoms with E-state index in [1.807, 2.05) is 0 Å². The Morgan fingerprint density at radius 2 is 1.88 bits per heavy atom. The van der Waals surface area contributed by atoms with Crippen molar-refractivity contribution in [2.24, 2.45) is 5.73 Å². The summed E-state index contributed by atoms with van der Waals surface area (Å²) in [7, 11) is 0. The van der Waals surface area contributed by atoms with Crippen LogP contribution in [0.15, 0.2) is 24.3 Å². The number of ether oxygens (including phenoxy) is 2. The van der Waals surface area contributed by atoms with Gasteiger partial charge in [-0.25, -0.2) is 0 Å². The molecule has 12 heteroatoms. The molecule has 1 saturated heterocycles. The van der Waals surface area contributed by atoms with Gasteiger partial charge in [-0.05, 0) is 40.9 Å². The molecule has 1 aliphatic rings. The van der Waals surface area contributed by atoms with E-state index >= 15 is 0 Å². The molecular weight excluding hydrogens is 387 g/mol. The highest BCUT2D eigenvalue weighted by Gasteiger charge is 2.33. The average molecular weight is 401 g/mol. The van der Waals surface area contributed by atoms with Crippen molar-refractivity contribution in [3.8, 4) is 0 Å². The van der Waals surface area contributed by atoms with Crippen LogP contribution in [0.5, 0.6) is 0 Å². The zero-order valence-electron chi connectivity index (χ0n) is 13.2.